The Morgan fingerprint density at radius 2 is 1.84 bits per heavy atom. The third kappa shape index (κ3) is 4.09. The predicted molar refractivity (Wildman–Crippen MR) is 75.3 cm³/mol. The third-order valence-corrected chi connectivity index (χ3v) is 3.20. The fraction of sp³-hybridized carbons (Fsp3) is 0.462. The fourth-order valence-electron chi connectivity index (χ4n) is 1.51. The van der Waals surface area contributed by atoms with Crippen molar-refractivity contribution in [3.05, 3.63) is 29.3 Å². The lowest BCUT2D eigenvalue weighted by molar-refractivity contribution is -0.137. The van der Waals surface area contributed by atoms with Crippen LogP contribution in [-0.4, -0.2) is 11.0 Å². The standard InChI is InChI=1S/C13H17F3N2S/c1-7(2)8(3)18-9-4-5-11(13(14,15)16)10(6-9)12(17)19/h4-8,18H,1-3H3,(H2,17,19). The van der Waals surface area contributed by atoms with Gasteiger partial charge in [-0.3, -0.25) is 0 Å². The second-order valence-electron chi connectivity index (χ2n) is 4.80. The zero-order valence-corrected chi connectivity index (χ0v) is 11.8. The number of rotatable bonds is 4. The number of hydrogen-bond acceptors (Lipinski definition) is 2. The molecule has 1 aromatic carbocycles. The Hall–Kier alpha value is -1.30. The van der Waals surface area contributed by atoms with Gasteiger partial charge in [0, 0.05) is 17.3 Å². The van der Waals surface area contributed by atoms with Crippen LogP contribution in [0.5, 0.6) is 0 Å². The lowest BCUT2D eigenvalue weighted by Crippen LogP contribution is -2.23. The van der Waals surface area contributed by atoms with Gasteiger partial charge in [-0.05, 0) is 31.0 Å². The number of halogens is 3. The first-order valence-corrected chi connectivity index (χ1v) is 6.31. The first-order chi connectivity index (χ1) is 8.62. The van der Waals surface area contributed by atoms with Crippen LogP contribution in [0.2, 0.25) is 0 Å². The van der Waals surface area contributed by atoms with E-state index in [0.717, 1.165) is 6.07 Å². The van der Waals surface area contributed by atoms with Crippen molar-refractivity contribution in [1.82, 2.24) is 0 Å². The summed E-state index contributed by atoms with van der Waals surface area (Å²) in [5.41, 5.74) is 5.00. The highest BCUT2D eigenvalue weighted by molar-refractivity contribution is 7.80. The van der Waals surface area contributed by atoms with Crippen LogP contribution in [0.25, 0.3) is 0 Å². The summed E-state index contributed by atoms with van der Waals surface area (Å²) < 4.78 is 38.4. The molecule has 3 N–H and O–H groups in total. The van der Waals surface area contributed by atoms with Crippen LogP contribution in [0.3, 0.4) is 0 Å². The smallest absolute Gasteiger partial charge is 0.389 e. The molecule has 1 rings (SSSR count). The molecule has 106 valence electrons. The third-order valence-electron chi connectivity index (χ3n) is 2.98. The molecule has 0 aliphatic rings. The molecule has 1 atom stereocenters. The van der Waals surface area contributed by atoms with E-state index in [-0.39, 0.29) is 16.6 Å². The van der Waals surface area contributed by atoms with E-state index in [1.165, 1.54) is 12.1 Å². The van der Waals surface area contributed by atoms with Gasteiger partial charge in [0.05, 0.1) is 5.56 Å². The van der Waals surface area contributed by atoms with Crippen LogP contribution >= 0.6 is 12.2 Å². The predicted octanol–water partition coefficient (Wildman–Crippen LogP) is 3.80. The summed E-state index contributed by atoms with van der Waals surface area (Å²) in [6.45, 7) is 6.01. The van der Waals surface area contributed by atoms with E-state index in [0.29, 0.717) is 11.6 Å². The maximum absolute atomic E-state index is 12.8. The summed E-state index contributed by atoms with van der Waals surface area (Å²) in [6.07, 6.45) is -4.46. The van der Waals surface area contributed by atoms with Gasteiger partial charge in [-0.25, -0.2) is 0 Å². The van der Waals surface area contributed by atoms with Crippen molar-refractivity contribution in [2.45, 2.75) is 33.0 Å². The first-order valence-electron chi connectivity index (χ1n) is 5.90. The fourth-order valence-corrected chi connectivity index (χ4v) is 1.68. The molecular formula is C13H17F3N2S. The molecule has 0 aliphatic carbocycles. The summed E-state index contributed by atoms with van der Waals surface area (Å²) in [7, 11) is 0. The summed E-state index contributed by atoms with van der Waals surface area (Å²) in [5.74, 6) is 0.357. The summed E-state index contributed by atoms with van der Waals surface area (Å²) in [5, 5.41) is 3.13. The molecule has 0 bridgehead atoms. The molecule has 0 saturated heterocycles. The Kier molecular flexibility index (Phi) is 4.79. The SMILES string of the molecule is CC(C)C(C)Nc1ccc(C(F)(F)F)c(C(N)=S)c1. The zero-order valence-electron chi connectivity index (χ0n) is 11.0. The molecular weight excluding hydrogens is 273 g/mol. The molecule has 0 amide bonds. The topological polar surface area (TPSA) is 38.0 Å². The zero-order chi connectivity index (χ0) is 14.8. The maximum atomic E-state index is 12.8. The number of anilines is 1. The number of benzene rings is 1. The molecule has 19 heavy (non-hydrogen) atoms. The van der Waals surface area contributed by atoms with Crippen LogP contribution < -0.4 is 11.1 Å². The second kappa shape index (κ2) is 5.77. The van der Waals surface area contributed by atoms with Gasteiger partial charge in [-0.2, -0.15) is 13.2 Å². The van der Waals surface area contributed by atoms with Crippen molar-refractivity contribution in [3.8, 4) is 0 Å². The van der Waals surface area contributed by atoms with Gasteiger partial charge < -0.3 is 11.1 Å². The van der Waals surface area contributed by atoms with E-state index in [1.54, 1.807) is 0 Å². The highest BCUT2D eigenvalue weighted by Crippen LogP contribution is 2.33. The minimum atomic E-state index is -4.46. The molecule has 6 heteroatoms. The average molecular weight is 290 g/mol. The summed E-state index contributed by atoms with van der Waals surface area (Å²) in [4.78, 5) is -0.256. The molecule has 1 unspecified atom stereocenters. The number of alkyl halides is 3. The minimum Gasteiger partial charge on any atom is -0.389 e. The highest BCUT2D eigenvalue weighted by atomic mass is 32.1. The minimum absolute atomic E-state index is 0.135. The molecule has 0 saturated carbocycles. The molecule has 0 aliphatic heterocycles. The van der Waals surface area contributed by atoms with E-state index in [2.05, 4.69) is 5.32 Å². The molecule has 0 aromatic heterocycles. The Morgan fingerprint density at radius 1 is 1.26 bits per heavy atom. The van der Waals surface area contributed by atoms with Crippen LogP contribution in [0.15, 0.2) is 18.2 Å². The van der Waals surface area contributed by atoms with Crippen LogP contribution in [0.1, 0.15) is 31.9 Å². The Balaban J connectivity index is 3.14. The summed E-state index contributed by atoms with van der Waals surface area (Å²) >= 11 is 4.69. The first kappa shape index (κ1) is 15.8. The molecule has 0 spiro atoms. The second-order valence-corrected chi connectivity index (χ2v) is 5.24. The van der Waals surface area contributed by atoms with Crippen molar-refractivity contribution in [1.29, 1.82) is 0 Å². The van der Waals surface area contributed by atoms with Crippen molar-refractivity contribution in [3.63, 3.8) is 0 Å². The molecule has 1 aromatic rings. The largest absolute Gasteiger partial charge is 0.417 e. The van der Waals surface area contributed by atoms with E-state index in [9.17, 15) is 13.2 Å². The number of nitrogens with two attached hydrogens (primary N) is 1. The van der Waals surface area contributed by atoms with E-state index in [1.807, 2.05) is 20.8 Å². The van der Waals surface area contributed by atoms with Crippen molar-refractivity contribution >= 4 is 22.9 Å². The Bertz CT molecular complexity index is 469. The lowest BCUT2D eigenvalue weighted by atomic mass is 10.0. The molecule has 0 fully saturated rings. The van der Waals surface area contributed by atoms with Gasteiger partial charge in [0.2, 0.25) is 0 Å². The number of hydrogen-bond donors (Lipinski definition) is 2. The Labute approximate surface area is 116 Å². The van der Waals surface area contributed by atoms with Crippen LogP contribution in [-0.2, 0) is 6.18 Å². The Morgan fingerprint density at radius 3 is 2.26 bits per heavy atom. The molecule has 2 nitrogen and oxygen atoms in total. The van der Waals surface area contributed by atoms with Crippen LogP contribution in [0.4, 0.5) is 18.9 Å². The lowest BCUT2D eigenvalue weighted by Gasteiger charge is -2.20. The normalized spacial score (nSPS) is 13.4. The van der Waals surface area contributed by atoms with Crippen molar-refractivity contribution in [2.75, 3.05) is 5.32 Å². The number of thiocarbonyl (C=S) groups is 1. The van der Waals surface area contributed by atoms with Crippen LogP contribution in [0, 0.1) is 5.92 Å². The van der Waals surface area contributed by atoms with Gasteiger partial charge in [-0.1, -0.05) is 26.1 Å². The molecule has 0 radical (unpaired) electrons. The van der Waals surface area contributed by atoms with Gasteiger partial charge in [0.25, 0.3) is 0 Å². The van der Waals surface area contributed by atoms with Crippen molar-refractivity contribution in [2.24, 2.45) is 11.7 Å². The van der Waals surface area contributed by atoms with Crippen molar-refractivity contribution < 1.29 is 13.2 Å². The average Bonchev–Trinajstić information content (AvgIpc) is 2.27. The number of nitrogens with one attached hydrogen (secondary N) is 1. The van der Waals surface area contributed by atoms with E-state index < -0.39 is 11.7 Å². The monoisotopic (exact) mass is 290 g/mol. The molecule has 0 heterocycles. The van der Waals surface area contributed by atoms with Gasteiger partial charge in [0.1, 0.15) is 4.99 Å². The quantitative estimate of drug-likeness (QED) is 0.828. The van der Waals surface area contributed by atoms with E-state index in [4.69, 9.17) is 18.0 Å². The van der Waals surface area contributed by atoms with Gasteiger partial charge in [-0.15, -0.1) is 0 Å². The summed E-state index contributed by atoms with van der Waals surface area (Å²) in [6, 6.07) is 3.88. The maximum Gasteiger partial charge on any atom is 0.417 e. The van der Waals surface area contributed by atoms with E-state index >= 15 is 0 Å². The van der Waals surface area contributed by atoms with Gasteiger partial charge in [0.15, 0.2) is 0 Å². The highest BCUT2D eigenvalue weighted by Gasteiger charge is 2.34. The van der Waals surface area contributed by atoms with Gasteiger partial charge >= 0.3 is 6.18 Å².